The van der Waals surface area contributed by atoms with Crippen molar-refractivity contribution in [2.24, 2.45) is 5.73 Å². The molecule has 1 saturated heterocycles. The fourth-order valence-corrected chi connectivity index (χ4v) is 2.11. The number of piperazine rings is 1. The summed E-state index contributed by atoms with van der Waals surface area (Å²) in [5.74, 6) is -0.00282. The normalized spacial score (nSPS) is 17.2. The van der Waals surface area contributed by atoms with Crippen molar-refractivity contribution in [1.82, 2.24) is 9.80 Å². The van der Waals surface area contributed by atoms with Crippen molar-refractivity contribution in [2.45, 2.75) is 39.2 Å². The number of hydrogen-bond acceptors (Lipinski definition) is 4. The number of rotatable bonds is 5. The predicted molar refractivity (Wildman–Crippen MR) is 72.7 cm³/mol. The van der Waals surface area contributed by atoms with Gasteiger partial charge in [-0.1, -0.05) is 19.8 Å². The number of nitrogens with two attached hydrogens (primary N) is 1. The summed E-state index contributed by atoms with van der Waals surface area (Å²) in [6.07, 6.45) is 2.44. The molecule has 2 N–H and O–H groups in total. The Morgan fingerprint density at radius 2 is 1.74 bits per heavy atom. The van der Waals surface area contributed by atoms with Crippen molar-refractivity contribution in [3.8, 4) is 0 Å². The van der Waals surface area contributed by atoms with Gasteiger partial charge in [0.05, 0.1) is 12.6 Å². The minimum Gasteiger partial charge on any atom is -0.450 e. The second-order valence-corrected chi connectivity index (χ2v) is 4.76. The lowest BCUT2D eigenvalue weighted by atomic mass is 10.1. The molecular weight excluding hydrogens is 246 g/mol. The van der Waals surface area contributed by atoms with E-state index in [9.17, 15) is 9.59 Å². The lowest BCUT2D eigenvalue weighted by Gasteiger charge is -2.35. The molecule has 0 aliphatic carbocycles. The molecule has 1 atom stereocenters. The first-order chi connectivity index (χ1) is 9.10. The summed E-state index contributed by atoms with van der Waals surface area (Å²) in [6.45, 7) is 6.35. The lowest BCUT2D eigenvalue weighted by Crippen LogP contribution is -2.54. The standard InChI is InChI=1S/C13H25N3O3/c1-3-5-6-11(14)12(17)15-7-9-16(10-8-15)13(18)19-4-2/h11H,3-10,14H2,1-2H3/t11-/m0/s1. The van der Waals surface area contributed by atoms with Crippen molar-refractivity contribution in [2.75, 3.05) is 32.8 Å². The van der Waals surface area contributed by atoms with Gasteiger partial charge in [0.15, 0.2) is 0 Å². The van der Waals surface area contributed by atoms with Crippen molar-refractivity contribution in [3.05, 3.63) is 0 Å². The Morgan fingerprint density at radius 3 is 2.26 bits per heavy atom. The van der Waals surface area contributed by atoms with Crippen molar-refractivity contribution in [1.29, 1.82) is 0 Å². The zero-order valence-corrected chi connectivity index (χ0v) is 11.9. The topological polar surface area (TPSA) is 75.9 Å². The minimum atomic E-state index is -0.408. The van der Waals surface area contributed by atoms with Gasteiger partial charge in [0.2, 0.25) is 5.91 Å². The maximum atomic E-state index is 12.1. The highest BCUT2D eigenvalue weighted by Gasteiger charge is 2.27. The average Bonchev–Trinajstić information content (AvgIpc) is 2.44. The van der Waals surface area contributed by atoms with E-state index in [1.807, 2.05) is 0 Å². The van der Waals surface area contributed by atoms with Gasteiger partial charge in [-0.05, 0) is 13.3 Å². The molecule has 0 aromatic rings. The highest BCUT2D eigenvalue weighted by molar-refractivity contribution is 5.82. The van der Waals surface area contributed by atoms with Crippen LogP contribution in [0.4, 0.5) is 4.79 Å². The van der Waals surface area contributed by atoms with Gasteiger partial charge in [0.1, 0.15) is 0 Å². The highest BCUT2D eigenvalue weighted by atomic mass is 16.6. The average molecular weight is 271 g/mol. The number of carbonyl (C=O) groups excluding carboxylic acids is 2. The van der Waals surface area contributed by atoms with Crippen LogP contribution < -0.4 is 5.73 Å². The number of ether oxygens (including phenoxy) is 1. The third kappa shape index (κ3) is 4.70. The summed E-state index contributed by atoms with van der Waals surface area (Å²) in [6, 6.07) is -0.408. The van der Waals surface area contributed by atoms with Crippen LogP contribution in [0.15, 0.2) is 0 Å². The second kappa shape index (κ2) is 7.99. The Bertz CT molecular complexity index is 302. The molecule has 110 valence electrons. The molecule has 0 aromatic heterocycles. The zero-order chi connectivity index (χ0) is 14.3. The highest BCUT2D eigenvalue weighted by Crippen LogP contribution is 2.08. The van der Waals surface area contributed by atoms with E-state index in [1.165, 1.54) is 0 Å². The van der Waals surface area contributed by atoms with E-state index in [-0.39, 0.29) is 12.0 Å². The van der Waals surface area contributed by atoms with Gasteiger partial charge in [0, 0.05) is 26.2 Å². The molecule has 2 amide bonds. The zero-order valence-electron chi connectivity index (χ0n) is 11.9. The number of hydrogen-bond donors (Lipinski definition) is 1. The fourth-order valence-electron chi connectivity index (χ4n) is 2.11. The molecule has 0 aromatic carbocycles. The van der Waals surface area contributed by atoms with E-state index in [1.54, 1.807) is 16.7 Å². The lowest BCUT2D eigenvalue weighted by molar-refractivity contribution is -0.134. The Hall–Kier alpha value is -1.30. The summed E-state index contributed by atoms with van der Waals surface area (Å²) in [7, 11) is 0. The van der Waals surface area contributed by atoms with Crippen molar-refractivity contribution < 1.29 is 14.3 Å². The molecule has 1 heterocycles. The first-order valence-electron chi connectivity index (χ1n) is 7.06. The summed E-state index contributed by atoms with van der Waals surface area (Å²) in [5.41, 5.74) is 5.88. The van der Waals surface area contributed by atoms with Crippen LogP contribution >= 0.6 is 0 Å². The van der Waals surface area contributed by atoms with E-state index in [2.05, 4.69) is 6.92 Å². The third-order valence-corrected chi connectivity index (χ3v) is 3.30. The molecule has 1 aliphatic rings. The Labute approximate surface area is 114 Å². The fraction of sp³-hybridized carbons (Fsp3) is 0.846. The molecule has 1 aliphatic heterocycles. The first kappa shape index (κ1) is 15.8. The van der Waals surface area contributed by atoms with Gasteiger partial charge in [-0.25, -0.2) is 4.79 Å². The third-order valence-electron chi connectivity index (χ3n) is 3.30. The van der Waals surface area contributed by atoms with Crippen LogP contribution in [-0.2, 0) is 9.53 Å². The van der Waals surface area contributed by atoms with Gasteiger partial charge >= 0.3 is 6.09 Å². The minimum absolute atomic E-state index is 0.00282. The van der Waals surface area contributed by atoms with E-state index >= 15 is 0 Å². The predicted octanol–water partition coefficient (Wildman–Crippen LogP) is 0.805. The molecule has 1 fully saturated rings. The first-order valence-corrected chi connectivity index (χ1v) is 7.06. The van der Waals surface area contributed by atoms with Crippen LogP contribution in [0.25, 0.3) is 0 Å². The molecule has 19 heavy (non-hydrogen) atoms. The van der Waals surface area contributed by atoms with E-state index in [0.717, 1.165) is 19.3 Å². The second-order valence-electron chi connectivity index (χ2n) is 4.76. The molecule has 0 unspecified atom stereocenters. The maximum Gasteiger partial charge on any atom is 0.409 e. The molecule has 0 spiro atoms. The number of nitrogens with zero attached hydrogens (tertiary/aromatic N) is 2. The molecular formula is C13H25N3O3. The number of carbonyl (C=O) groups is 2. The molecule has 0 radical (unpaired) electrons. The van der Waals surface area contributed by atoms with Crippen LogP contribution in [0.5, 0.6) is 0 Å². The van der Waals surface area contributed by atoms with Gasteiger partial charge in [-0.15, -0.1) is 0 Å². The van der Waals surface area contributed by atoms with Gasteiger partial charge in [-0.3, -0.25) is 4.79 Å². The van der Waals surface area contributed by atoms with E-state index in [4.69, 9.17) is 10.5 Å². The SMILES string of the molecule is CCCC[C@H](N)C(=O)N1CCN(C(=O)OCC)CC1. The molecule has 1 rings (SSSR count). The van der Waals surface area contributed by atoms with E-state index in [0.29, 0.717) is 32.8 Å². The van der Waals surface area contributed by atoms with Crippen LogP contribution in [0, 0.1) is 0 Å². The molecule has 6 heteroatoms. The number of amides is 2. The monoisotopic (exact) mass is 271 g/mol. The maximum absolute atomic E-state index is 12.1. The number of unbranched alkanes of at least 4 members (excludes halogenated alkanes) is 1. The van der Waals surface area contributed by atoms with Crippen molar-refractivity contribution >= 4 is 12.0 Å². The van der Waals surface area contributed by atoms with Crippen LogP contribution in [0.3, 0.4) is 0 Å². The molecule has 0 saturated carbocycles. The summed E-state index contributed by atoms with van der Waals surface area (Å²) in [5, 5.41) is 0. The Balaban J connectivity index is 2.36. The Kier molecular flexibility index (Phi) is 6.62. The largest absolute Gasteiger partial charge is 0.450 e. The van der Waals surface area contributed by atoms with Crippen LogP contribution in [-0.4, -0.2) is 60.6 Å². The van der Waals surface area contributed by atoms with Gasteiger partial charge in [0.25, 0.3) is 0 Å². The van der Waals surface area contributed by atoms with Crippen LogP contribution in [0.2, 0.25) is 0 Å². The smallest absolute Gasteiger partial charge is 0.409 e. The summed E-state index contributed by atoms with van der Waals surface area (Å²) >= 11 is 0. The van der Waals surface area contributed by atoms with Crippen molar-refractivity contribution in [3.63, 3.8) is 0 Å². The summed E-state index contributed by atoms with van der Waals surface area (Å²) in [4.78, 5) is 27.0. The molecule has 6 nitrogen and oxygen atoms in total. The van der Waals surface area contributed by atoms with Crippen LogP contribution in [0.1, 0.15) is 33.1 Å². The van der Waals surface area contributed by atoms with Gasteiger partial charge < -0.3 is 20.3 Å². The Morgan fingerprint density at radius 1 is 1.16 bits per heavy atom. The quantitative estimate of drug-likeness (QED) is 0.802. The van der Waals surface area contributed by atoms with E-state index < -0.39 is 6.04 Å². The van der Waals surface area contributed by atoms with Gasteiger partial charge in [-0.2, -0.15) is 0 Å². The molecule has 0 bridgehead atoms. The summed E-state index contributed by atoms with van der Waals surface area (Å²) < 4.78 is 4.94.